The molecule has 0 radical (unpaired) electrons. The lowest BCUT2D eigenvalue weighted by Gasteiger charge is -2.28. The molecule has 1 fully saturated rings. The maximum absolute atomic E-state index is 11.7. The molecule has 7 nitrogen and oxygen atoms in total. The van der Waals surface area contributed by atoms with Crippen LogP contribution in [0.5, 0.6) is 0 Å². The number of carbonyl (C=O) groups excluding carboxylic acids is 3. The van der Waals surface area contributed by atoms with Crippen LogP contribution >= 0.6 is 0 Å². The molecule has 24 heavy (non-hydrogen) atoms. The first-order chi connectivity index (χ1) is 11.1. The summed E-state index contributed by atoms with van der Waals surface area (Å²) in [6.07, 6.45) is 2.32. The molecule has 0 saturated carbocycles. The Balaban J connectivity index is 2.26. The first kappa shape index (κ1) is 20.6. The monoisotopic (exact) mass is 343 g/mol. The molecular weight excluding hydrogens is 314 g/mol. The lowest BCUT2D eigenvalue weighted by molar-refractivity contribution is -0.197. The number of imide groups is 1. The molecule has 0 aromatic rings. The van der Waals surface area contributed by atoms with Crippen LogP contribution in [0, 0.1) is 0 Å². The molecule has 0 aromatic carbocycles. The third-order valence-electron chi connectivity index (χ3n) is 4.11. The standard InChI is InChI=1S/C17H29NO6/c1-16(2,22-5)11-12-23-17(3,4)10-6-7-15(21)24-18-13(19)8-9-14(18)20/h6-12H2,1-5H3. The highest BCUT2D eigenvalue weighted by Gasteiger charge is 2.32. The van der Waals surface area contributed by atoms with Crippen LogP contribution in [0.25, 0.3) is 0 Å². The van der Waals surface area contributed by atoms with E-state index in [4.69, 9.17) is 14.3 Å². The molecule has 0 N–H and O–H groups in total. The average molecular weight is 343 g/mol. The van der Waals surface area contributed by atoms with Gasteiger partial charge < -0.3 is 14.3 Å². The van der Waals surface area contributed by atoms with E-state index in [0.717, 1.165) is 6.42 Å². The normalized spacial score (nSPS) is 16.0. The fourth-order valence-electron chi connectivity index (χ4n) is 2.21. The van der Waals surface area contributed by atoms with Crippen LogP contribution in [-0.4, -0.2) is 47.8 Å². The summed E-state index contributed by atoms with van der Waals surface area (Å²) in [6, 6.07) is 0. The maximum atomic E-state index is 11.7. The van der Waals surface area contributed by atoms with E-state index < -0.39 is 17.8 Å². The van der Waals surface area contributed by atoms with Gasteiger partial charge in [0, 0.05) is 26.4 Å². The summed E-state index contributed by atoms with van der Waals surface area (Å²) in [5.74, 6) is -1.49. The Hall–Kier alpha value is -1.47. The van der Waals surface area contributed by atoms with Gasteiger partial charge in [-0.2, -0.15) is 0 Å². The van der Waals surface area contributed by atoms with E-state index >= 15 is 0 Å². The average Bonchev–Trinajstić information content (AvgIpc) is 2.78. The fourth-order valence-corrected chi connectivity index (χ4v) is 2.21. The van der Waals surface area contributed by atoms with Crippen molar-refractivity contribution in [1.82, 2.24) is 5.06 Å². The van der Waals surface area contributed by atoms with Gasteiger partial charge in [0.2, 0.25) is 0 Å². The molecule has 0 aromatic heterocycles. The number of amides is 2. The molecular formula is C17H29NO6. The van der Waals surface area contributed by atoms with Gasteiger partial charge in [-0.1, -0.05) is 0 Å². The van der Waals surface area contributed by atoms with Crippen molar-refractivity contribution in [3.63, 3.8) is 0 Å². The number of nitrogens with zero attached hydrogens (tertiary/aromatic N) is 1. The molecule has 1 saturated heterocycles. The van der Waals surface area contributed by atoms with Crippen LogP contribution in [-0.2, 0) is 28.7 Å². The molecule has 0 aliphatic carbocycles. The summed E-state index contributed by atoms with van der Waals surface area (Å²) in [5.41, 5.74) is -0.599. The quantitative estimate of drug-likeness (QED) is 0.566. The number of hydrogen-bond donors (Lipinski definition) is 0. The number of methoxy groups -OCH3 is 1. The summed E-state index contributed by atoms with van der Waals surface area (Å²) < 4.78 is 11.2. The van der Waals surface area contributed by atoms with E-state index in [9.17, 15) is 14.4 Å². The molecule has 0 unspecified atom stereocenters. The van der Waals surface area contributed by atoms with E-state index in [-0.39, 0.29) is 30.5 Å². The van der Waals surface area contributed by atoms with Gasteiger partial charge in [0.15, 0.2) is 0 Å². The summed E-state index contributed by atoms with van der Waals surface area (Å²) in [4.78, 5) is 39.3. The second kappa shape index (κ2) is 8.58. The molecule has 1 heterocycles. The molecule has 1 aliphatic rings. The van der Waals surface area contributed by atoms with Gasteiger partial charge in [0.25, 0.3) is 11.8 Å². The number of ether oxygens (including phenoxy) is 2. The van der Waals surface area contributed by atoms with Crippen molar-refractivity contribution in [3.05, 3.63) is 0 Å². The SMILES string of the molecule is COC(C)(C)CCOC(C)(C)CCCC(=O)ON1C(=O)CCC1=O. The molecule has 1 rings (SSSR count). The highest BCUT2D eigenvalue weighted by Crippen LogP contribution is 2.21. The zero-order valence-electron chi connectivity index (χ0n) is 15.3. The van der Waals surface area contributed by atoms with Gasteiger partial charge >= 0.3 is 5.97 Å². The Labute approximate surface area is 143 Å². The van der Waals surface area contributed by atoms with Crippen molar-refractivity contribution in [2.75, 3.05) is 13.7 Å². The van der Waals surface area contributed by atoms with Gasteiger partial charge in [0.1, 0.15) is 0 Å². The van der Waals surface area contributed by atoms with Crippen LogP contribution in [0.15, 0.2) is 0 Å². The Kier molecular flexibility index (Phi) is 7.35. The maximum Gasteiger partial charge on any atom is 0.333 e. The van der Waals surface area contributed by atoms with E-state index in [1.54, 1.807) is 7.11 Å². The Morgan fingerprint density at radius 1 is 1.04 bits per heavy atom. The summed E-state index contributed by atoms with van der Waals surface area (Å²) in [7, 11) is 1.67. The van der Waals surface area contributed by atoms with E-state index in [0.29, 0.717) is 24.5 Å². The first-order valence-electron chi connectivity index (χ1n) is 8.32. The minimum atomic E-state index is -0.574. The zero-order chi connectivity index (χ0) is 18.4. The van der Waals surface area contributed by atoms with E-state index in [1.165, 1.54) is 0 Å². The molecule has 7 heteroatoms. The number of hydrogen-bond acceptors (Lipinski definition) is 6. The molecule has 2 amide bonds. The summed E-state index contributed by atoms with van der Waals surface area (Å²) in [6.45, 7) is 8.49. The third kappa shape index (κ3) is 6.97. The Morgan fingerprint density at radius 3 is 2.17 bits per heavy atom. The van der Waals surface area contributed by atoms with Crippen LogP contribution in [0.4, 0.5) is 0 Å². The molecule has 138 valence electrons. The topological polar surface area (TPSA) is 82.1 Å². The predicted octanol–water partition coefficient (Wildman–Crippen LogP) is 2.37. The van der Waals surface area contributed by atoms with Gasteiger partial charge in [-0.25, -0.2) is 4.79 Å². The molecule has 1 aliphatic heterocycles. The van der Waals surface area contributed by atoms with Crippen molar-refractivity contribution in [3.8, 4) is 0 Å². The third-order valence-corrected chi connectivity index (χ3v) is 4.11. The van der Waals surface area contributed by atoms with Crippen LogP contribution in [0.1, 0.15) is 66.2 Å². The highest BCUT2D eigenvalue weighted by atomic mass is 16.7. The van der Waals surface area contributed by atoms with Gasteiger partial charge in [-0.05, 0) is 47.0 Å². The van der Waals surface area contributed by atoms with E-state index in [1.807, 2.05) is 27.7 Å². The van der Waals surface area contributed by atoms with Gasteiger partial charge in [0.05, 0.1) is 17.8 Å². The van der Waals surface area contributed by atoms with Crippen LogP contribution < -0.4 is 0 Å². The minimum absolute atomic E-state index is 0.102. The largest absolute Gasteiger partial charge is 0.379 e. The van der Waals surface area contributed by atoms with Crippen LogP contribution in [0.3, 0.4) is 0 Å². The van der Waals surface area contributed by atoms with Crippen molar-refractivity contribution in [2.45, 2.75) is 77.4 Å². The Bertz CT molecular complexity index is 456. The zero-order valence-corrected chi connectivity index (χ0v) is 15.3. The number of carbonyl (C=O) groups is 3. The van der Waals surface area contributed by atoms with Gasteiger partial charge in [-0.15, -0.1) is 5.06 Å². The second-order valence-corrected chi connectivity index (χ2v) is 7.22. The van der Waals surface area contributed by atoms with Crippen molar-refractivity contribution in [1.29, 1.82) is 0 Å². The summed E-state index contributed by atoms with van der Waals surface area (Å²) in [5, 5.41) is 0.580. The highest BCUT2D eigenvalue weighted by molar-refractivity contribution is 6.01. The van der Waals surface area contributed by atoms with Crippen molar-refractivity contribution >= 4 is 17.8 Å². The summed E-state index contributed by atoms with van der Waals surface area (Å²) >= 11 is 0. The number of rotatable bonds is 10. The Morgan fingerprint density at radius 2 is 1.62 bits per heavy atom. The van der Waals surface area contributed by atoms with E-state index in [2.05, 4.69) is 0 Å². The lowest BCUT2D eigenvalue weighted by Crippen LogP contribution is -2.32. The first-order valence-corrected chi connectivity index (χ1v) is 8.32. The van der Waals surface area contributed by atoms with Crippen LogP contribution in [0.2, 0.25) is 0 Å². The lowest BCUT2D eigenvalue weighted by atomic mass is 10.0. The smallest absolute Gasteiger partial charge is 0.333 e. The molecule has 0 atom stereocenters. The molecule has 0 bridgehead atoms. The minimum Gasteiger partial charge on any atom is -0.379 e. The van der Waals surface area contributed by atoms with Crippen molar-refractivity contribution < 1.29 is 28.7 Å². The molecule has 0 spiro atoms. The fraction of sp³-hybridized carbons (Fsp3) is 0.824. The van der Waals surface area contributed by atoms with Gasteiger partial charge in [-0.3, -0.25) is 9.59 Å². The van der Waals surface area contributed by atoms with Crippen molar-refractivity contribution in [2.24, 2.45) is 0 Å². The predicted molar refractivity (Wildman–Crippen MR) is 86.8 cm³/mol. The number of hydroxylamine groups is 2. The second-order valence-electron chi connectivity index (χ2n) is 7.22.